The molecular weight excluding hydrogens is 368 g/mol. The molecule has 2 aliphatic heterocycles. The van der Waals surface area contributed by atoms with Gasteiger partial charge >= 0.3 is 0 Å². The van der Waals surface area contributed by atoms with Gasteiger partial charge in [0.05, 0.1) is 24.0 Å². The number of carbonyl (C=O) groups excluding carboxylic acids is 2. The zero-order valence-electron chi connectivity index (χ0n) is 15.8. The van der Waals surface area contributed by atoms with Gasteiger partial charge in [-0.25, -0.2) is 8.42 Å². The number of nitrogens with zero attached hydrogens (tertiary/aromatic N) is 2. The van der Waals surface area contributed by atoms with Crippen molar-refractivity contribution in [3.63, 3.8) is 0 Å². The normalized spacial score (nSPS) is 24.2. The van der Waals surface area contributed by atoms with Crippen molar-refractivity contribution in [3.05, 3.63) is 29.8 Å². The van der Waals surface area contributed by atoms with E-state index in [0.717, 1.165) is 11.3 Å². The first-order chi connectivity index (χ1) is 12.8. The van der Waals surface area contributed by atoms with E-state index >= 15 is 0 Å². The van der Waals surface area contributed by atoms with Crippen LogP contribution in [0, 0.1) is 5.92 Å². The lowest BCUT2D eigenvalue weighted by molar-refractivity contribution is -0.135. The minimum atomic E-state index is -3.06. The quantitative estimate of drug-likeness (QED) is 0.721. The molecule has 2 saturated heterocycles. The number of hydrogen-bond donors (Lipinski definition) is 0. The van der Waals surface area contributed by atoms with Crippen LogP contribution in [0.2, 0.25) is 0 Å². The third-order valence-electron chi connectivity index (χ3n) is 5.19. The number of benzene rings is 1. The van der Waals surface area contributed by atoms with Gasteiger partial charge in [-0.2, -0.15) is 0 Å². The van der Waals surface area contributed by atoms with Crippen LogP contribution in [0.1, 0.15) is 25.3 Å². The minimum Gasteiger partial charge on any atom is -0.494 e. The first kappa shape index (κ1) is 19.7. The van der Waals surface area contributed by atoms with Crippen LogP contribution in [0.3, 0.4) is 0 Å². The van der Waals surface area contributed by atoms with Gasteiger partial charge in [-0.3, -0.25) is 9.59 Å². The van der Waals surface area contributed by atoms with Crippen LogP contribution < -0.4 is 4.74 Å². The van der Waals surface area contributed by atoms with Crippen molar-refractivity contribution in [2.75, 3.05) is 31.7 Å². The average Bonchev–Trinajstić information content (AvgIpc) is 3.18. The predicted molar refractivity (Wildman–Crippen MR) is 101 cm³/mol. The van der Waals surface area contributed by atoms with Crippen molar-refractivity contribution in [1.29, 1.82) is 0 Å². The van der Waals surface area contributed by atoms with Crippen LogP contribution in [0.15, 0.2) is 24.3 Å². The zero-order valence-corrected chi connectivity index (χ0v) is 16.6. The van der Waals surface area contributed by atoms with Crippen LogP contribution in [-0.4, -0.2) is 67.8 Å². The van der Waals surface area contributed by atoms with E-state index in [-0.39, 0.29) is 35.8 Å². The van der Waals surface area contributed by atoms with E-state index in [4.69, 9.17) is 4.74 Å². The molecule has 8 heteroatoms. The SMILES string of the molecule is CCOc1ccc(CN(C)C(=O)[C@H]2CC(=O)N([C@@H]3CCS(=O)(=O)C3)C2)cc1. The number of rotatable bonds is 6. The maximum atomic E-state index is 12.8. The van der Waals surface area contributed by atoms with Gasteiger partial charge in [0, 0.05) is 32.6 Å². The molecule has 0 aromatic heterocycles. The van der Waals surface area contributed by atoms with Crippen molar-refractivity contribution in [2.45, 2.75) is 32.4 Å². The predicted octanol–water partition coefficient (Wildman–Crippen LogP) is 1.08. The Kier molecular flexibility index (Phi) is 5.74. The molecule has 2 atom stereocenters. The summed E-state index contributed by atoms with van der Waals surface area (Å²) in [5.74, 6) is 0.317. The Hall–Kier alpha value is -2.09. The molecule has 0 aliphatic carbocycles. The Morgan fingerprint density at radius 1 is 1.30 bits per heavy atom. The largest absolute Gasteiger partial charge is 0.494 e. The van der Waals surface area contributed by atoms with Gasteiger partial charge < -0.3 is 14.5 Å². The fourth-order valence-corrected chi connectivity index (χ4v) is 5.52. The van der Waals surface area contributed by atoms with Gasteiger partial charge in [0.25, 0.3) is 0 Å². The summed E-state index contributed by atoms with van der Waals surface area (Å²) in [6.45, 7) is 3.29. The lowest BCUT2D eigenvalue weighted by Crippen LogP contribution is -2.39. The summed E-state index contributed by atoms with van der Waals surface area (Å²) in [5, 5.41) is 0. The van der Waals surface area contributed by atoms with Crippen LogP contribution in [0.4, 0.5) is 0 Å². The number of carbonyl (C=O) groups is 2. The van der Waals surface area contributed by atoms with Gasteiger partial charge in [-0.15, -0.1) is 0 Å². The molecular formula is C19H26N2O5S. The smallest absolute Gasteiger partial charge is 0.228 e. The van der Waals surface area contributed by atoms with E-state index in [1.54, 1.807) is 16.8 Å². The molecule has 27 heavy (non-hydrogen) atoms. The lowest BCUT2D eigenvalue weighted by atomic mass is 10.1. The maximum absolute atomic E-state index is 12.8. The van der Waals surface area contributed by atoms with Gasteiger partial charge in [0.2, 0.25) is 11.8 Å². The summed E-state index contributed by atoms with van der Waals surface area (Å²) >= 11 is 0. The zero-order chi connectivity index (χ0) is 19.6. The Morgan fingerprint density at radius 2 is 2.00 bits per heavy atom. The molecule has 7 nitrogen and oxygen atoms in total. The summed E-state index contributed by atoms with van der Waals surface area (Å²) in [4.78, 5) is 28.3. The van der Waals surface area contributed by atoms with E-state index < -0.39 is 15.8 Å². The molecule has 3 rings (SSSR count). The van der Waals surface area contributed by atoms with E-state index in [1.807, 2.05) is 31.2 Å². The molecule has 1 aromatic rings. The average molecular weight is 394 g/mol. The van der Waals surface area contributed by atoms with Crippen molar-refractivity contribution in [2.24, 2.45) is 5.92 Å². The Bertz CT molecular complexity index is 806. The maximum Gasteiger partial charge on any atom is 0.228 e. The van der Waals surface area contributed by atoms with Crippen LogP contribution in [-0.2, 0) is 26.0 Å². The molecule has 0 unspecified atom stereocenters. The first-order valence-corrected chi connectivity index (χ1v) is 11.1. The van der Waals surface area contributed by atoms with Crippen molar-refractivity contribution >= 4 is 21.7 Å². The molecule has 148 valence electrons. The van der Waals surface area contributed by atoms with Crippen molar-refractivity contribution in [3.8, 4) is 5.75 Å². The summed E-state index contributed by atoms with van der Waals surface area (Å²) in [5.41, 5.74) is 0.984. The third-order valence-corrected chi connectivity index (χ3v) is 6.94. The van der Waals surface area contributed by atoms with E-state index in [0.29, 0.717) is 26.1 Å². The lowest BCUT2D eigenvalue weighted by Gasteiger charge is -2.24. The third kappa shape index (κ3) is 4.61. The molecule has 2 heterocycles. The number of hydrogen-bond acceptors (Lipinski definition) is 5. The Balaban J connectivity index is 1.58. The minimum absolute atomic E-state index is 0.0155. The summed E-state index contributed by atoms with van der Waals surface area (Å²) in [7, 11) is -1.33. The molecule has 0 radical (unpaired) electrons. The molecule has 2 amide bonds. The van der Waals surface area contributed by atoms with Gasteiger partial charge in [0.15, 0.2) is 9.84 Å². The topological polar surface area (TPSA) is 84.0 Å². The second-order valence-electron chi connectivity index (χ2n) is 7.28. The Labute approximate surface area is 160 Å². The van der Waals surface area contributed by atoms with Crippen LogP contribution >= 0.6 is 0 Å². The number of likely N-dealkylation sites (tertiary alicyclic amines) is 1. The number of ether oxygens (including phenoxy) is 1. The fraction of sp³-hybridized carbons (Fsp3) is 0.579. The van der Waals surface area contributed by atoms with Crippen molar-refractivity contribution in [1.82, 2.24) is 9.80 Å². The van der Waals surface area contributed by atoms with Crippen LogP contribution in [0.25, 0.3) is 0 Å². The number of sulfone groups is 1. The molecule has 0 bridgehead atoms. The standard InChI is InChI=1S/C19H26N2O5S/c1-3-26-17-6-4-14(5-7-17)11-20(2)19(23)15-10-18(22)21(12-15)16-8-9-27(24,25)13-16/h4-7,15-16H,3,8-13H2,1-2H3/t15-,16+/m0/s1. The molecule has 1 aromatic carbocycles. The highest BCUT2D eigenvalue weighted by Crippen LogP contribution is 2.27. The summed E-state index contributed by atoms with van der Waals surface area (Å²) < 4.78 is 28.8. The monoisotopic (exact) mass is 394 g/mol. The Morgan fingerprint density at radius 3 is 2.59 bits per heavy atom. The highest BCUT2D eigenvalue weighted by Gasteiger charge is 2.42. The van der Waals surface area contributed by atoms with E-state index in [2.05, 4.69) is 0 Å². The van der Waals surface area contributed by atoms with Gasteiger partial charge in [-0.05, 0) is 31.0 Å². The molecule has 0 N–H and O–H groups in total. The highest BCUT2D eigenvalue weighted by atomic mass is 32.2. The second-order valence-corrected chi connectivity index (χ2v) is 9.50. The van der Waals surface area contributed by atoms with E-state index in [9.17, 15) is 18.0 Å². The van der Waals surface area contributed by atoms with Crippen molar-refractivity contribution < 1.29 is 22.7 Å². The first-order valence-electron chi connectivity index (χ1n) is 9.25. The molecule has 0 saturated carbocycles. The molecule has 2 aliphatic rings. The number of amides is 2. The van der Waals surface area contributed by atoms with Gasteiger partial charge in [0.1, 0.15) is 5.75 Å². The van der Waals surface area contributed by atoms with Gasteiger partial charge in [-0.1, -0.05) is 12.1 Å². The van der Waals surface area contributed by atoms with E-state index in [1.165, 1.54) is 0 Å². The molecule has 0 spiro atoms. The summed E-state index contributed by atoms with van der Waals surface area (Å²) in [6, 6.07) is 7.31. The summed E-state index contributed by atoms with van der Waals surface area (Å²) in [6.07, 6.45) is 0.625. The fourth-order valence-electron chi connectivity index (χ4n) is 3.79. The van der Waals surface area contributed by atoms with Crippen LogP contribution in [0.5, 0.6) is 5.75 Å². The highest BCUT2D eigenvalue weighted by molar-refractivity contribution is 7.91. The molecule has 2 fully saturated rings. The second kappa shape index (κ2) is 7.88.